The van der Waals surface area contributed by atoms with Crippen LogP contribution in [-0.4, -0.2) is 15.7 Å². The summed E-state index contributed by atoms with van der Waals surface area (Å²) in [6, 6.07) is 23.7. The molecule has 0 unspecified atom stereocenters. The van der Waals surface area contributed by atoms with Crippen molar-refractivity contribution in [3.8, 4) is 11.3 Å². The molecule has 202 valence electrons. The number of hydrogen-bond donors (Lipinski definition) is 0. The van der Waals surface area contributed by atoms with Gasteiger partial charge in [0.25, 0.3) is 0 Å². The second kappa shape index (κ2) is 13.1. The SMILES string of the molecule is CCc1cccc(CC)c1N=C(C)c1ccc2ccc3ccc(-c4c(C)cc(C)cc4C)nc3c2n1.[Cl][Fe][Cl]. The Labute approximate surface area is 246 Å². The van der Waals surface area contributed by atoms with Gasteiger partial charge in [-0.2, -0.15) is 0 Å². The van der Waals surface area contributed by atoms with E-state index in [2.05, 4.69) is 108 Å². The molecule has 2 heterocycles. The molecule has 2 aromatic heterocycles. The minimum absolute atomic E-state index is 0.194. The number of fused-ring (bicyclic) bond motifs is 3. The summed E-state index contributed by atoms with van der Waals surface area (Å²) in [5, 5.41) is 2.18. The van der Waals surface area contributed by atoms with Crippen LogP contribution in [0.4, 0.5) is 5.69 Å². The first kappa shape index (κ1) is 29.2. The molecule has 0 fully saturated rings. The maximum absolute atomic E-state index is 5.16. The number of pyridine rings is 2. The molecule has 39 heavy (non-hydrogen) atoms. The zero-order valence-corrected chi connectivity index (χ0v) is 25.8. The molecule has 5 rings (SSSR count). The first-order valence-electron chi connectivity index (χ1n) is 13.1. The fraction of sp³-hybridized carbons (Fsp3) is 0.242. The Balaban J connectivity index is 0.00000112. The summed E-state index contributed by atoms with van der Waals surface area (Å²) in [5.74, 6) is 0. The van der Waals surface area contributed by atoms with Gasteiger partial charge in [-0.05, 0) is 74.9 Å². The summed E-state index contributed by atoms with van der Waals surface area (Å²) in [6.45, 7) is 12.9. The predicted octanol–water partition coefficient (Wildman–Crippen LogP) is 10.0. The molecule has 0 N–H and O–H groups in total. The Bertz CT molecular complexity index is 1630. The molecule has 5 aromatic rings. The van der Waals surface area contributed by atoms with Crippen LogP contribution in [0.1, 0.15) is 54.3 Å². The van der Waals surface area contributed by atoms with Crippen molar-refractivity contribution in [2.24, 2.45) is 4.99 Å². The van der Waals surface area contributed by atoms with Crippen molar-refractivity contribution in [2.75, 3.05) is 0 Å². The van der Waals surface area contributed by atoms with Crippen molar-refractivity contribution in [3.05, 3.63) is 100 Å². The van der Waals surface area contributed by atoms with Gasteiger partial charge < -0.3 is 0 Å². The molecule has 3 nitrogen and oxygen atoms in total. The fourth-order valence-electron chi connectivity index (χ4n) is 5.28. The first-order chi connectivity index (χ1) is 18.8. The maximum atomic E-state index is 5.16. The third kappa shape index (κ3) is 6.36. The van der Waals surface area contributed by atoms with Crippen molar-refractivity contribution < 1.29 is 13.1 Å². The molecule has 3 aromatic carbocycles. The van der Waals surface area contributed by atoms with Crippen LogP contribution < -0.4 is 0 Å². The normalized spacial score (nSPS) is 11.6. The number of rotatable bonds is 5. The summed E-state index contributed by atoms with van der Waals surface area (Å²) >= 11 is 0.194. The Morgan fingerprint density at radius 2 is 1.28 bits per heavy atom. The quantitative estimate of drug-likeness (QED) is 0.115. The summed E-state index contributed by atoms with van der Waals surface area (Å²) in [5.41, 5.74) is 13.3. The number of para-hydroxylation sites is 1. The van der Waals surface area contributed by atoms with Gasteiger partial charge >= 0.3 is 33.3 Å². The minimum atomic E-state index is 0.194. The Hall–Kier alpha value is -2.75. The summed E-state index contributed by atoms with van der Waals surface area (Å²) in [6.07, 6.45) is 1.92. The Kier molecular flexibility index (Phi) is 9.80. The molecular formula is C33H33Cl2FeN3. The molecule has 0 amide bonds. The Morgan fingerprint density at radius 3 is 1.85 bits per heavy atom. The van der Waals surface area contributed by atoms with E-state index in [4.69, 9.17) is 35.2 Å². The zero-order chi connectivity index (χ0) is 28.1. The standard InChI is InChI=1S/C33H33N3.2ClH.Fe/c1-7-24-10-9-11-25(8-2)31(24)34-23(6)28-16-14-26-12-13-27-15-17-29(36-33(27)32(26)35-28)30-21(4)18-20(3)19-22(30)5;;;/h9-19H,7-8H2,1-6H3;2*1H;/q;;;+2/p-2. The van der Waals surface area contributed by atoms with Crippen LogP contribution in [0.25, 0.3) is 33.1 Å². The van der Waals surface area contributed by atoms with E-state index in [9.17, 15) is 0 Å². The molecule has 0 spiro atoms. The average Bonchev–Trinajstić information content (AvgIpc) is 2.92. The van der Waals surface area contributed by atoms with E-state index in [-0.39, 0.29) is 13.1 Å². The van der Waals surface area contributed by atoms with E-state index in [0.717, 1.165) is 57.4 Å². The van der Waals surface area contributed by atoms with Crippen LogP contribution in [0, 0.1) is 20.8 Å². The van der Waals surface area contributed by atoms with Gasteiger partial charge in [0.2, 0.25) is 0 Å². The topological polar surface area (TPSA) is 38.1 Å². The van der Waals surface area contributed by atoms with Crippen LogP contribution in [0.15, 0.2) is 71.7 Å². The van der Waals surface area contributed by atoms with Crippen molar-refractivity contribution in [1.82, 2.24) is 9.97 Å². The van der Waals surface area contributed by atoms with Crippen LogP contribution in [0.3, 0.4) is 0 Å². The fourth-order valence-corrected chi connectivity index (χ4v) is 5.28. The van der Waals surface area contributed by atoms with E-state index in [1.807, 2.05) is 0 Å². The molecule has 0 aliphatic rings. The summed E-state index contributed by atoms with van der Waals surface area (Å²) in [7, 11) is 9.53. The van der Waals surface area contributed by atoms with Gasteiger partial charge in [-0.1, -0.05) is 74.0 Å². The van der Waals surface area contributed by atoms with Gasteiger partial charge in [0.05, 0.1) is 33.8 Å². The van der Waals surface area contributed by atoms with E-state index in [0.29, 0.717) is 0 Å². The van der Waals surface area contributed by atoms with E-state index < -0.39 is 0 Å². The van der Waals surface area contributed by atoms with Gasteiger partial charge in [0.15, 0.2) is 0 Å². The van der Waals surface area contributed by atoms with Crippen LogP contribution in [0.5, 0.6) is 0 Å². The molecule has 0 atom stereocenters. The molecule has 0 bridgehead atoms. The van der Waals surface area contributed by atoms with Gasteiger partial charge in [-0.25, -0.2) is 9.97 Å². The van der Waals surface area contributed by atoms with Crippen molar-refractivity contribution in [2.45, 2.75) is 54.4 Å². The van der Waals surface area contributed by atoms with E-state index in [1.165, 1.54) is 33.4 Å². The number of nitrogens with zero attached hydrogens (tertiary/aromatic N) is 3. The predicted molar refractivity (Wildman–Crippen MR) is 165 cm³/mol. The first-order valence-corrected chi connectivity index (χ1v) is 16.1. The second-order valence-electron chi connectivity index (χ2n) is 9.76. The monoisotopic (exact) mass is 597 g/mol. The third-order valence-corrected chi connectivity index (χ3v) is 7.07. The molecular weight excluding hydrogens is 565 g/mol. The summed E-state index contributed by atoms with van der Waals surface area (Å²) in [4.78, 5) is 15.4. The molecule has 0 saturated carbocycles. The molecule has 0 aliphatic heterocycles. The van der Waals surface area contributed by atoms with Gasteiger partial charge in [0, 0.05) is 16.3 Å². The number of hydrogen-bond acceptors (Lipinski definition) is 3. The van der Waals surface area contributed by atoms with E-state index >= 15 is 0 Å². The van der Waals surface area contributed by atoms with Crippen molar-refractivity contribution in [1.29, 1.82) is 0 Å². The van der Waals surface area contributed by atoms with Crippen LogP contribution in [0.2, 0.25) is 0 Å². The van der Waals surface area contributed by atoms with Gasteiger partial charge in [0.1, 0.15) is 0 Å². The number of halogens is 2. The van der Waals surface area contributed by atoms with E-state index in [1.54, 1.807) is 0 Å². The molecule has 6 heteroatoms. The van der Waals surface area contributed by atoms with Crippen LogP contribution in [-0.2, 0) is 26.0 Å². The van der Waals surface area contributed by atoms with Crippen LogP contribution >= 0.6 is 20.2 Å². The van der Waals surface area contributed by atoms with Crippen molar-refractivity contribution >= 4 is 53.4 Å². The zero-order valence-electron chi connectivity index (χ0n) is 23.2. The molecule has 0 saturated heterocycles. The number of aryl methyl sites for hydroxylation is 5. The van der Waals surface area contributed by atoms with Crippen molar-refractivity contribution in [3.63, 3.8) is 0 Å². The second-order valence-corrected chi connectivity index (χ2v) is 11.6. The molecule has 0 radical (unpaired) electrons. The van der Waals surface area contributed by atoms with Gasteiger partial charge in [-0.3, -0.25) is 4.99 Å². The van der Waals surface area contributed by atoms with Gasteiger partial charge in [-0.15, -0.1) is 0 Å². The molecule has 0 aliphatic carbocycles. The number of aliphatic imine (C=N–C) groups is 1. The summed E-state index contributed by atoms with van der Waals surface area (Å²) < 4.78 is 0. The average molecular weight is 598 g/mol. The Morgan fingerprint density at radius 1 is 0.769 bits per heavy atom. The number of aromatic nitrogens is 2. The third-order valence-electron chi connectivity index (χ3n) is 7.07. The number of benzene rings is 3.